The number of rotatable bonds is 5. The molecule has 2 aliphatic rings. The van der Waals surface area contributed by atoms with E-state index in [1.165, 1.54) is 31.3 Å². The van der Waals surface area contributed by atoms with Crippen LogP contribution in [0.15, 0.2) is 11.6 Å². The van der Waals surface area contributed by atoms with Gasteiger partial charge in [0.15, 0.2) is 0 Å². The number of nitrogens with one attached hydrogen (secondary N) is 2. The molecule has 1 unspecified atom stereocenters. The Bertz CT molecular complexity index is 316. The molecule has 1 fully saturated rings. The van der Waals surface area contributed by atoms with Crippen molar-refractivity contribution in [3.8, 4) is 0 Å². The average Bonchev–Trinajstić information content (AvgIpc) is 2.90. The van der Waals surface area contributed by atoms with E-state index in [2.05, 4.69) is 23.6 Å². The van der Waals surface area contributed by atoms with E-state index in [1.54, 1.807) is 0 Å². The number of carbonyl (C=O) groups is 1. The van der Waals surface area contributed by atoms with Gasteiger partial charge in [-0.3, -0.25) is 4.79 Å². The molecule has 0 aromatic heterocycles. The molecule has 3 heteroatoms. The van der Waals surface area contributed by atoms with Crippen molar-refractivity contribution in [1.82, 2.24) is 10.6 Å². The van der Waals surface area contributed by atoms with Crippen LogP contribution in [0.4, 0.5) is 0 Å². The summed E-state index contributed by atoms with van der Waals surface area (Å²) in [5, 5.41) is 6.50. The van der Waals surface area contributed by atoms with E-state index in [4.69, 9.17) is 0 Å². The van der Waals surface area contributed by atoms with Gasteiger partial charge in [0.25, 0.3) is 0 Å². The molecule has 2 N–H and O–H groups in total. The summed E-state index contributed by atoms with van der Waals surface area (Å²) < 4.78 is 0. The number of allylic oxidation sites excluding steroid dienone is 1. The fraction of sp³-hybridized carbons (Fsp3) is 0.800. The van der Waals surface area contributed by atoms with Crippen molar-refractivity contribution in [2.75, 3.05) is 13.1 Å². The van der Waals surface area contributed by atoms with Crippen LogP contribution in [0.25, 0.3) is 0 Å². The van der Waals surface area contributed by atoms with E-state index in [0.29, 0.717) is 0 Å². The first kappa shape index (κ1) is 13.6. The van der Waals surface area contributed by atoms with Gasteiger partial charge < -0.3 is 10.6 Å². The predicted octanol–water partition coefficient (Wildman–Crippen LogP) is 2.53. The molecule has 102 valence electrons. The van der Waals surface area contributed by atoms with Crippen molar-refractivity contribution in [3.63, 3.8) is 0 Å². The lowest BCUT2D eigenvalue weighted by atomic mass is 9.93. The summed E-state index contributed by atoms with van der Waals surface area (Å²) in [6.07, 6.45) is 11.5. The van der Waals surface area contributed by atoms with Gasteiger partial charge in [0.2, 0.25) is 5.91 Å². The van der Waals surface area contributed by atoms with Gasteiger partial charge in [0, 0.05) is 6.54 Å². The van der Waals surface area contributed by atoms with Crippen molar-refractivity contribution in [2.45, 2.75) is 63.8 Å². The highest BCUT2D eigenvalue weighted by Gasteiger charge is 2.38. The van der Waals surface area contributed by atoms with Crippen molar-refractivity contribution in [3.05, 3.63) is 11.6 Å². The lowest BCUT2D eigenvalue weighted by Crippen LogP contribution is -2.53. The molecule has 0 aromatic carbocycles. The van der Waals surface area contributed by atoms with Gasteiger partial charge in [-0.05, 0) is 57.9 Å². The monoisotopic (exact) mass is 250 g/mol. The molecule has 1 aliphatic heterocycles. The van der Waals surface area contributed by atoms with E-state index < -0.39 is 0 Å². The predicted molar refractivity (Wildman–Crippen MR) is 74.4 cm³/mol. The fourth-order valence-corrected chi connectivity index (χ4v) is 3.10. The molecule has 18 heavy (non-hydrogen) atoms. The maximum absolute atomic E-state index is 12.2. The van der Waals surface area contributed by atoms with Gasteiger partial charge in [0.1, 0.15) is 0 Å². The minimum atomic E-state index is -0.277. The Balaban J connectivity index is 1.75. The first-order chi connectivity index (χ1) is 8.77. The van der Waals surface area contributed by atoms with Gasteiger partial charge in [-0.2, -0.15) is 0 Å². The average molecular weight is 250 g/mol. The van der Waals surface area contributed by atoms with Crippen LogP contribution >= 0.6 is 0 Å². The molecule has 1 heterocycles. The van der Waals surface area contributed by atoms with Crippen LogP contribution in [-0.4, -0.2) is 24.5 Å². The Labute approximate surface area is 110 Å². The molecular weight excluding hydrogens is 224 g/mol. The summed E-state index contributed by atoms with van der Waals surface area (Å²) in [5.41, 5.74) is 1.26. The summed E-state index contributed by atoms with van der Waals surface area (Å²) in [7, 11) is 0. The molecule has 1 atom stereocenters. The van der Waals surface area contributed by atoms with Gasteiger partial charge in [-0.25, -0.2) is 0 Å². The molecule has 0 bridgehead atoms. The van der Waals surface area contributed by atoms with Gasteiger partial charge in [-0.1, -0.05) is 18.6 Å². The number of hydrogen-bond acceptors (Lipinski definition) is 2. The third-order valence-corrected chi connectivity index (χ3v) is 4.40. The maximum Gasteiger partial charge on any atom is 0.240 e. The van der Waals surface area contributed by atoms with Crippen LogP contribution in [0.2, 0.25) is 0 Å². The van der Waals surface area contributed by atoms with Crippen LogP contribution in [0, 0.1) is 0 Å². The highest BCUT2D eigenvalue weighted by atomic mass is 16.2. The van der Waals surface area contributed by atoms with Crippen molar-refractivity contribution < 1.29 is 4.79 Å². The zero-order valence-corrected chi connectivity index (χ0v) is 11.6. The molecule has 1 amide bonds. The largest absolute Gasteiger partial charge is 0.354 e. The topological polar surface area (TPSA) is 41.1 Å². The quantitative estimate of drug-likeness (QED) is 0.736. The Kier molecular flexibility index (Phi) is 4.81. The highest BCUT2D eigenvalue weighted by Crippen LogP contribution is 2.23. The Morgan fingerprint density at radius 3 is 2.94 bits per heavy atom. The number of carbonyl (C=O) groups excluding carboxylic acids is 1. The van der Waals surface area contributed by atoms with E-state index in [-0.39, 0.29) is 11.4 Å². The molecule has 1 aliphatic carbocycles. The smallest absolute Gasteiger partial charge is 0.240 e. The Hall–Kier alpha value is -0.830. The van der Waals surface area contributed by atoms with Crippen molar-refractivity contribution >= 4 is 5.91 Å². The van der Waals surface area contributed by atoms with E-state index in [0.717, 1.165) is 38.8 Å². The van der Waals surface area contributed by atoms with Crippen LogP contribution in [-0.2, 0) is 4.79 Å². The molecule has 1 saturated heterocycles. The first-order valence-electron chi connectivity index (χ1n) is 7.48. The van der Waals surface area contributed by atoms with Crippen molar-refractivity contribution in [1.29, 1.82) is 0 Å². The molecule has 3 nitrogen and oxygen atoms in total. The second-order valence-electron chi connectivity index (χ2n) is 5.58. The van der Waals surface area contributed by atoms with Crippen LogP contribution in [0.1, 0.15) is 58.3 Å². The molecule has 0 saturated carbocycles. The SMILES string of the molecule is CCC1(C(=O)NCCC2=CCCCC2)CCCN1. The highest BCUT2D eigenvalue weighted by molar-refractivity contribution is 5.86. The van der Waals surface area contributed by atoms with Crippen LogP contribution in [0.3, 0.4) is 0 Å². The zero-order chi connectivity index (χ0) is 12.8. The maximum atomic E-state index is 12.2. The van der Waals surface area contributed by atoms with Crippen molar-refractivity contribution in [2.24, 2.45) is 0 Å². The minimum absolute atomic E-state index is 0.207. The molecule has 0 aromatic rings. The molecule has 2 rings (SSSR count). The zero-order valence-electron chi connectivity index (χ0n) is 11.6. The Morgan fingerprint density at radius 1 is 1.44 bits per heavy atom. The van der Waals surface area contributed by atoms with Gasteiger partial charge in [-0.15, -0.1) is 0 Å². The third kappa shape index (κ3) is 3.14. The van der Waals surface area contributed by atoms with Crippen LogP contribution < -0.4 is 10.6 Å². The number of amides is 1. The fourth-order valence-electron chi connectivity index (χ4n) is 3.10. The lowest BCUT2D eigenvalue weighted by molar-refractivity contribution is -0.127. The normalized spacial score (nSPS) is 27.9. The van der Waals surface area contributed by atoms with Crippen LogP contribution in [0.5, 0.6) is 0 Å². The summed E-state index contributed by atoms with van der Waals surface area (Å²) in [4.78, 5) is 12.2. The van der Waals surface area contributed by atoms with E-state index in [9.17, 15) is 4.79 Å². The van der Waals surface area contributed by atoms with E-state index in [1.807, 2.05) is 0 Å². The van der Waals surface area contributed by atoms with E-state index >= 15 is 0 Å². The molecule has 0 radical (unpaired) electrons. The second-order valence-corrected chi connectivity index (χ2v) is 5.58. The third-order valence-electron chi connectivity index (χ3n) is 4.40. The Morgan fingerprint density at radius 2 is 2.33 bits per heavy atom. The minimum Gasteiger partial charge on any atom is -0.354 e. The summed E-state index contributed by atoms with van der Waals surface area (Å²) >= 11 is 0. The first-order valence-corrected chi connectivity index (χ1v) is 7.48. The number of hydrogen-bond donors (Lipinski definition) is 2. The van der Waals surface area contributed by atoms with Gasteiger partial charge >= 0.3 is 0 Å². The summed E-state index contributed by atoms with van der Waals surface area (Å²) in [6.45, 7) is 3.88. The summed E-state index contributed by atoms with van der Waals surface area (Å²) in [6, 6.07) is 0. The molecular formula is C15H26N2O. The standard InChI is InChI=1S/C15H26N2O/c1-2-15(10-6-11-17-15)14(18)16-12-9-13-7-4-3-5-8-13/h7,17H,2-6,8-12H2,1H3,(H,16,18). The second kappa shape index (κ2) is 6.37. The lowest BCUT2D eigenvalue weighted by Gasteiger charge is -2.26. The van der Waals surface area contributed by atoms with Gasteiger partial charge in [0.05, 0.1) is 5.54 Å². The summed E-state index contributed by atoms with van der Waals surface area (Å²) in [5.74, 6) is 0.207. The molecule has 0 spiro atoms.